The highest BCUT2D eigenvalue weighted by atomic mass is 32.2. The van der Waals surface area contributed by atoms with Gasteiger partial charge in [-0.15, -0.1) is 0 Å². The second kappa shape index (κ2) is 8.70. The van der Waals surface area contributed by atoms with Crippen molar-refractivity contribution >= 4 is 23.5 Å². The Labute approximate surface area is 171 Å². The molecule has 9 heteroatoms. The van der Waals surface area contributed by atoms with Crippen LogP contribution in [0, 0.1) is 6.92 Å². The van der Waals surface area contributed by atoms with Crippen LogP contribution in [0.2, 0.25) is 0 Å². The molecule has 0 aliphatic heterocycles. The summed E-state index contributed by atoms with van der Waals surface area (Å²) >= 11 is 1.44. The number of anilines is 1. The van der Waals surface area contributed by atoms with Crippen LogP contribution < -0.4 is 5.32 Å². The number of rotatable bonds is 7. The summed E-state index contributed by atoms with van der Waals surface area (Å²) in [5.41, 5.74) is 2.29. The molecule has 0 atom stereocenters. The molecule has 0 bridgehead atoms. The molecule has 4 aromatic heterocycles. The molecule has 1 amide bonds. The number of aromatic nitrogens is 5. The van der Waals surface area contributed by atoms with Gasteiger partial charge in [-0.25, -0.2) is 9.67 Å². The molecule has 4 rings (SSSR count). The average molecular weight is 406 g/mol. The van der Waals surface area contributed by atoms with Crippen LogP contribution in [0.1, 0.15) is 27.4 Å². The van der Waals surface area contributed by atoms with E-state index in [1.807, 2.05) is 25.1 Å². The maximum Gasteiger partial charge on any atom is 0.259 e. The van der Waals surface area contributed by atoms with Gasteiger partial charge in [0, 0.05) is 36.5 Å². The summed E-state index contributed by atoms with van der Waals surface area (Å²) in [4.78, 5) is 21.4. The first-order chi connectivity index (χ1) is 14.2. The summed E-state index contributed by atoms with van der Waals surface area (Å²) in [7, 11) is 0. The summed E-state index contributed by atoms with van der Waals surface area (Å²) in [5.74, 6) is 1.67. The average Bonchev–Trinajstić information content (AvgIpc) is 3.36. The van der Waals surface area contributed by atoms with Crippen LogP contribution in [-0.2, 0) is 12.3 Å². The van der Waals surface area contributed by atoms with Gasteiger partial charge in [0.25, 0.3) is 5.91 Å². The Kier molecular flexibility index (Phi) is 5.66. The molecule has 0 radical (unpaired) electrons. The van der Waals surface area contributed by atoms with Crippen LogP contribution >= 0.6 is 11.8 Å². The number of hydrogen-bond acceptors (Lipinski definition) is 7. The monoisotopic (exact) mass is 406 g/mol. The number of pyridine rings is 2. The maximum absolute atomic E-state index is 12.9. The molecule has 0 fully saturated rings. The van der Waals surface area contributed by atoms with E-state index in [0.29, 0.717) is 28.7 Å². The zero-order valence-corrected chi connectivity index (χ0v) is 16.5. The SMILES string of the molecule is Cc1cc(CSc2ncccc2C(=O)Nc2ccnn2Cc2cccnc2)no1. The summed E-state index contributed by atoms with van der Waals surface area (Å²) in [6.07, 6.45) is 6.81. The minimum Gasteiger partial charge on any atom is -0.361 e. The lowest BCUT2D eigenvalue weighted by Gasteiger charge is -2.11. The van der Waals surface area contributed by atoms with Gasteiger partial charge in [-0.2, -0.15) is 5.10 Å². The highest BCUT2D eigenvalue weighted by Crippen LogP contribution is 2.25. The van der Waals surface area contributed by atoms with Crippen LogP contribution in [-0.4, -0.2) is 30.8 Å². The molecule has 0 unspecified atom stereocenters. The minimum absolute atomic E-state index is 0.245. The molecule has 29 heavy (non-hydrogen) atoms. The Balaban J connectivity index is 1.47. The summed E-state index contributed by atoms with van der Waals surface area (Å²) in [6, 6.07) is 10.9. The quantitative estimate of drug-likeness (QED) is 0.469. The van der Waals surface area contributed by atoms with E-state index in [4.69, 9.17) is 4.52 Å². The molecule has 0 saturated heterocycles. The number of carbonyl (C=O) groups is 1. The molecule has 0 spiro atoms. The predicted molar refractivity (Wildman–Crippen MR) is 109 cm³/mol. The standard InChI is InChI=1S/C20H18N6O2S/c1-14-10-16(25-28-14)13-29-20-17(5-3-8-22-20)19(27)24-18-6-9-23-26(18)12-15-4-2-7-21-11-15/h2-11H,12-13H2,1H3,(H,24,27). The lowest BCUT2D eigenvalue weighted by molar-refractivity contribution is 0.102. The van der Waals surface area contributed by atoms with Gasteiger partial charge in [-0.1, -0.05) is 23.0 Å². The van der Waals surface area contributed by atoms with E-state index in [-0.39, 0.29) is 5.91 Å². The van der Waals surface area contributed by atoms with Crippen molar-refractivity contribution in [2.24, 2.45) is 0 Å². The van der Waals surface area contributed by atoms with E-state index in [1.165, 1.54) is 11.8 Å². The van der Waals surface area contributed by atoms with Crippen molar-refractivity contribution in [1.82, 2.24) is 24.9 Å². The fourth-order valence-electron chi connectivity index (χ4n) is 2.72. The molecule has 0 aliphatic rings. The molecule has 0 saturated carbocycles. The molecule has 1 N–H and O–H groups in total. The predicted octanol–water partition coefficient (Wildman–Crippen LogP) is 3.56. The summed E-state index contributed by atoms with van der Waals surface area (Å²) in [6.45, 7) is 2.35. The van der Waals surface area contributed by atoms with Crippen LogP contribution in [0.25, 0.3) is 0 Å². The first-order valence-corrected chi connectivity index (χ1v) is 9.89. The molecule has 4 aromatic rings. The summed E-state index contributed by atoms with van der Waals surface area (Å²) in [5, 5.41) is 11.8. The molecule has 4 heterocycles. The molecule has 0 aliphatic carbocycles. The summed E-state index contributed by atoms with van der Waals surface area (Å²) < 4.78 is 6.80. The zero-order valence-electron chi connectivity index (χ0n) is 15.6. The van der Waals surface area contributed by atoms with Crippen LogP contribution in [0.4, 0.5) is 5.82 Å². The van der Waals surface area contributed by atoms with Crippen molar-refractivity contribution in [2.45, 2.75) is 24.2 Å². The lowest BCUT2D eigenvalue weighted by atomic mass is 10.2. The lowest BCUT2D eigenvalue weighted by Crippen LogP contribution is -2.17. The van der Waals surface area contributed by atoms with E-state index in [2.05, 4.69) is 25.5 Å². The van der Waals surface area contributed by atoms with Crippen LogP contribution in [0.5, 0.6) is 0 Å². The molecule has 0 aromatic carbocycles. The van der Waals surface area contributed by atoms with E-state index in [1.54, 1.807) is 47.7 Å². The topological polar surface area (TPSA) is 98.7 Å². The number of carbonyl (C=O) groups excluding carboxylic acids is 1. The van der Waals surface area contributed by atoms with Gasteiger partial charge in [0.1, 0.15) is 16.6 Å². The Bertz CT molecular complexity index is 1110. The third-order valence-corrected chi connectivity index (χ3v) is 5.10. The maximum atomic E-state index is 12.9. The zero-order chi connectivity index (χ0) is 20.1. The van der Waals surface area contributed by atoms with Crippen molar-refractivity contribution in [3.05, 3.63) is 83.8 Å². The number of hydrogen-bond donors (Lipinski definition) is 1. The Morgan fingerprint density at radius 3 is 2.90 bits per heavy atom. The number of amides is 1. The molecular formula is C20H18N6O2S. The van der Waals surface area contributed by atoms with Crippen LogP contribution in [0.15, 0.2) is 70.7 Å². The number of nitrogens with one attached hydrogen (secondary N) is 1. The van der Waals surface area contributed by atoms with E-state index >= 15 is 0 Å². The normalized spacial score (nSPS) is 10.8. The van der Waals surface area contributed by atoms with Gasteiger partial charge in [0.05, 0.1) is 24.0 Å². The van der Waals surface area contributed by atoms with Crippen molar-refractivity contribution in [3.63, 3.8) is 0 Å². The Hall–Kier alpha value is -3.46. The minimum atomic E-state index is -0.245. The molecular weight excluding hydrogens is 388 g/mol. The van der Waals surface area contributed by atoms with E-state index in [0.717, 1.165) is 17.0 Å². The van der Waals surface area contributed by atoms with Crippen molar-refractivity contribution in [2.75, 3.05) is 5.32 Å². The third kappa shape index (κ3) is 4.69. The van der Waals surface area contributed by atoms with E-state index < -0.39 is 0 Å². The third-order valence-electron chi connectivity index (χ3n) is 4.06. The van der Waals surface area contributed by atoms with Gasteiger partial charge in [-0.3, -0.25) is 9.78 Å². The highest BCUT2D eigenvalue weighted by Gasteiger charge is 2.16. The van der Waals surface area contributed by atoms with Crippen molar-refractivity contribution in [3.8, 4) is 0 Å². The van der Waals surface area contributed by atoms with Gasteiger partial charge in [0.2, 0.25) is 0 Å². The highest BCUT2D eigenvalue weighted by molar-refractivity contribution is 7.98. The van der Waals surface area contributed by atoms with Gasteiger partial charge < -0.3 is 9.84 Å². The Morgan fingerprint density at radius 2 is 2.10 bits per heavy atom. The van der Waals surface area contributed by atoms with Crippen molar-refractivity contribution in [1.29, 1.82) is 0 Å². The van der Waals surface area contributed by atoms with E-state index in [9.17, 15) is 4.79 Å². The first kappa shape index (κ1) is 18.9. The number of aryl methyl sites for hydroxylation is 1. The fraction of sp³-hybridized carbons (Fsp3) is 0.150. The first-order valence-electron chi connectivity index (χ1n) is 8.91. The number of thioether (sulfide) groups is 1. The second-order valence-corrected chi connectivity index (χ2v) is 7.23. The smallest absolute Gasteiger partial charge is 0.259 e. The largest absolute Gasteiger partial charge is 0.361 e. The van der Waals surface area contributed by atoms with Gasteiger partial charge >= 0.3 is 0 Å². The molecule has 146 valence electrons. The van der Waals surface area contributed by atoms with Gasteiger partial charge in [-0.05, 0) is 30.7 Å². The fourth-order valence-corrected chi connectivity index (χ4v) is 3.59. The Morgan fingerprint density at radius 1 is 1.21 bits per heavy atom. The second-order valence-electron chi connectivity index (χ2n) is 6.26. The number of nitrogens with zero attached hydrogens (tertiary/aromatic N) is 5. The van der Waals surface area contributed by atoms with Gasteiger partial charge in [0.15, 0.2) is 0 Å². The van der Waals surface area contributed by atoms with Crippen molar-refractivity contribution < 1.29 is 9.32 Å². The molecule has 8 nitrogen and oxygen atoms in total. The van der Waals surface area contributed by atoms with Crippen LogP contribution in [0.3, 0.4) is 0 Å².